The summed E-state index contributed by atoms with van der Waals surface area (Å²) in [6.07, 6.45) is -1.09. The maximum Gasteiger partial charge on any atom is 0.470 e. The molecule has 0 aromatic carbocycles. The molecule has 0 N–H and O–H groups in total. The van der Waals surface area contributed by atoms with Gasteiger partial charge in [0.15, 0.2) is 0 Å². The minimum absolute atomic E-state index is 0.0706. The fourth-order valence-corrected chi connectivity index (χ4v) is 1.58. The molecule has 19 heavy (non-hydrogen) atoms. The maximum absolute atomic E-state index is 12.3. The first-order valence-corrected chi connectivity index (χ1v) is 5.40. The molecule has 0 amide bonds. The molecule has 2 rings (SSSR count). The summed E-state index contributed by atoms with van der Waals surface area (Å²) in [4.78, 5) is 1.75. The molecule has 0 radical (unpaired) electrons. The minimum atomic E-state index is -4.60. The molecule has 9 heteroatoms. The summed E-state index contributed by atoms with van der Waals surface area (Å²) in [6.45, 7) is 0.662. The minimum Gasteiger partial charge on any atom is -0.416 e. The Morgan fingerprint density at radius 2 is 2.05 bits per heavy atom. The van der Waals surface area contributed by atoms with Crippen molar-refractivity contribution in [2.24, 2.45) is 7.05 Å². The molecule has 0 aliphatic rings. The standard InChI is InChI=1S/C10H12F3N5O/c1-17(4-7-3-14-18(2)5-7)6-8-15-16-9(19-8)10(11,12)13/h3,5H,4,6H2,1-2H3. The lowest BCUT2D eigenvalue weighted by atomic mass is 10.3. The molecule has 2 aromatic rings. The Balaban J connectivity index is 1.95. The second-order valence-electron chi connectivity index (χ2n) is 4.19. The van der Waals surface area contributed by atoms with Crippen LogP contribution in [0.25, 0.3) is 0 Å². The quantitative estimate of drug-likeness (QED) is 0.845. The van der Waals surface area contributed by atoms with E-state index < -0.39 is 12.1 Å². The lowest BCUT2D eigenvalue weighted by Gasteiger charge is -2.12. The van der Waals surface area contributed by atoms with Crippen molar-refractivity contribution in [1.29, 1.82) is 0 Å². The van der Waals surface area contributed by atoms with Gasteiger partial charge < -0.3 is 4.42 Å². The molecule has 0 bridgehead atoms. The van der Waals surface area contributed by atoms with E-state index in [9.17, 15) is 13.2 Å². The molecule has 0 aliphatic heterocycles. The van der Waals surface area contributed by atoms with E-state index in [4.69, 9.17) is 0 Å². The van der Waals surface area contributed by atoms with Crippen LogP contribution in [0.1, 0.15) is 17.3 Å². The van der Waals surface area contributed by atoms with Crippen LogP contribution in [0.15, 0.2) is 16.8 Å². The van der Waals surface area contributed by atoms with Crippen LogP contribution in [-0.4, -0.2) is 31.9 Å². The molecule has 0 saturated carbocycles. The highest BCUT2D eigenvalue weighted by molar-refractivity contribution is 5.03. The van der Waals surface area contributed by atoms with E-state index in [2.05, 4.69) is 19.7 Å². The number of rotatable bonds is 4. The molecule has 2 heterocycles. The summed E-state index contributed by atoms with van der Waals surface area (Å²) in [5, 5.41) is 10.3. The number of aromatic nitrogens is 4. The maximum atomic E-state index is 12.3. The van der Waals surface area contributed by atoms with Crippen molar-refractivity contribution in [2.45, 2.75) is 19.3 Å². The van der Waals surface area contributed by atoms with E-state index in [0.717, 1.165) is 5.56 Å². The first kappa shape index (κ1) is 13.5. The summed E-state index contributed by atoms with van der Waals surface area (Å²) >= 11 is 0. The fraction of sp³-hybridized carbons (Fsp3) is 0.500. The SMILES string of the molecule is CN(Cc1cnn(C)c1)Cc1nnc(C(F)(F)F)o1. The van der Waals surface area contributed by atoms with E-state index in [0.29, 0.717) is 6.54 Å². The Kier molecular flexibility index (Phi) is 3.56. The third-order valence-electron chi connectivity index (χ3n) is 2.33. The van der Waals surface area contributed by atoms with Crippen LogP contribution in [0.4, 0.5) is 13.2 Å². The van der Waals surface area contributed by atoms with Crippen molar-refractivity contribution < 1.29 is 17.6 Å². The average molecular weight is 275 g/mol. The van der Waals surface area contributed by atoms with Crippen molar-refractivity contribution >= 4 is 0 Å². The summed E-state index contributed by atoms with van der Waals surface area (Å²) < 4.78 is 43.0. The Hall–Kier alpha value is -1.90. The number of hydrogen-bond donors (Lipinski definition) is 0. The average Bonchev–Trinajstić information content (AvgIpc) is 2.87. The predicted octanol–water partition coefficient (Wildman–Crippen LogP) is 1.45. The zero-order valence-electron chi connectivity index (χ0n) is 10.3. The molecule has 0 fully saturated rings. The highest BCUT2D eigenvalue weighted by Gasteiger charge is 2.38. The largest absolute Gasteiger partial charge is 0.470 e. The van der Waals surface area contributed by atoms with Crippen molar-refractivity contribution in [1.82, 2.24) is 24.9 Å². The number of halogens is 3. The first-order chi connectivity index (χ1) is 8.84. The number of alkyl halides is 3. The third kappa shape index (κ3) is 3.53. The number of aryl methyl sites for hydroxylation is 1. The molecule has 0 spiro atoms. The van der Waals surface area contributed by atoms with Gasteiger partial charge in [-0.1, -0.05) is 0 Å². The van der Waals surface area contributed by atoms with Crippen molar-refractivity contribution in [3.63, 3.8) is 0 Å². The van der Waals surface area contributed by atoms with E-state index in [-0.39, 0.29) is 12.4 Å². The topological polar surface area (TPSA) is 60.0 Å². The fourth-order valence-electron chi connectivity index (χ4n) is 1.58. The predicted molar refractivity (Wildman–Crippen MR) is 57.7 cm³/mol. The lowest BCUT2D eigenvalue weighted by Crippen LogP contribution is -2.17. The first-order valence-electron chi connectivity index (χ1n) is 5.40. The molecule has 104 valence electrons. The second-order valence-corrected chi connectivity index (χ2v) is 4.19. The van der Waals surface area contributed by atoms with Gasteiger partial charge in [-0.05, 0) is 7.05 Å². The molecular weight excluding hydrogens is 263 g/mol. The molecule has 0 aliphatic carbocycles. The van der Waals surface area contributed by atoms with Gasteiger partial charge in [-0.15, -0.1) is 10.2 Å². The monoisotopic (exact) mass is 275 g/mol. The normalized spacial score (nSPS) is 12.3. The highest BCUT2D eigenvalue weighted by Crippen LogP contribution is 2.27. The lowest BCUT2D eigenvalue weighted by molar-refractivity contribution is -0.157. The number of nitrogens with zero attached hydrogens (tertiary/aromatic N) is 5. The zero-order chi connectivity index (χ0) is 14.0. The molecule has 0 atom stereocenters. The van der Waals surface area contributed by atoms with Crippen LogP contribution >= 0.6 is 0 Å². The summed E-state index contributed by atoms with van der Waals surface area (Å²) in [5.41, 5.74) is 0.945. The van der Waals surface area contributed by atoms with Gasteiger partial charge >= 0.3 is 12.1 Å². The van der Waals surface area contributed by atoms with E-state index >= 15 is 0 Å². The van der Waals surface area contributed by atoms with Gasteiger partial charge in [-0.2, -0.15) is 18.3 Å². The van der Waals surface area contributed by atoms with E-state index in [1.165, 1.54) is 0 Å². The van der Waals surface area contributed by atoms with Gasteiger partial charge in [0.05, 0.1) is 12.7 Å². The third-order valence-corrected chi connectivity index (χ3v) is 2.33. The van der Waals surface area contributed by atoms with E-state index in [1.54, 1.807) is 29.9 Å². The molecule has 2 aromatic heterocycles. The van der Waals surface area contributed by atoms with Crippen LogP contribution in [0, 0.1) is 0 Å². The molecule has 6 nitrogen and oxygen atoms in total. The number of hydrogen-bond acceptors (Lipinski definition) is 5. The summed E-state index contributed by atoms with van der Waals surface area (Å²) in [7, 11) is 3.53. The Bertz CT molecular complexity index is 547. The zero-order valence-corrected chi connectivity index (χ0v) is 10.3. The second kappa shape index (κ2) is 5.00. The molecule has 0 unspecified atom stereocenters. The van der Waals surface area contributed by atoms with Crippen LogP contribution < -0.4 is 0 Å². The van der Waals surface area contributed by atoms with Crippen molar-refractivity contribution in [2.75, 3.05) is 7.05 Å². The Morgan fingerprint density at radius 3 is 2.58 bits per heavy atom. The van der Waals surface area contributed by atoms with Gasteiger partial charge in [0.2, 0.25) is 5.89 Å². The van der Waals surface area contributed by atoms with Crippen LogP contribution in [0.2, 0.25) is 0 Å². The van der Waals surface area contributed by atoms with Crippen LogP contribution in [0.3, 0.4) is 0 Å². The van der Waals surface area contributed by atoms with Crippen LogP contribution in [0.5, 0.6) is 0 Å². The van der Waals surface area contributed by atoms with Gasteiger partial charge in [0.25, 0.3) is 0 Å². The summed E-state index contributed by atoms with van der Waals surface area (Å²) in [5.74, 6) is -1.39. The van der Waals surface area contributed by atoms with E-state index in [1.807, 2.05) is 6.20 Å². The van der Waals surface area contributed by atoms with Gasteiger partial charge in [0.1, 0.15) is 0 Å². The Morgan fingerprint density at radius 1 is 1.32 bits per heavy atom. The van der Waals surface area contributed by atoms with Gasteiger partial charge in [-0.3, -0.25) is 9.58 Å². The van der Waals surface area contributed by atoms with Gasteiger partial charge in [-0.25, -0.2) is 0 Å². The van der Waals surface area contributed by atoms with Gasteiger partial charge in [0, 0.05) is 25.4 Å². The molecular formula is C10H12F3N5O. The van der Waals surface area contributed by atoms with Crippen molar-refractivity contribution in [3.05, 3.63) is 29.7 Å². The smallest absolute Gasteiger partial charge is 0.416 e. The Labute approximate surface area is 106 Å². The molecule has 0 saturated heterocycles. The highest BCUT2D eigenvalue weighted by atomic mass is 19.4. The van der Waals surface area contributed by atoms with Crippen LogP contribution in [-0.2, 0) is 26.3 Å². The summed E-state index contributed by atoms with van der Waals surface area (Å²) in [6, 6.07) is 0. The van der Waals surface area contributed by atoms with Crippen molar-refractivity contribution in [3.8, 4) is 0 Å².